The highest BCUT2D eigenvalue weighted by Gasteiger charge is 2.29. The van der Waals surface area contributed by atoms with Crippen molar-refractivity contribution in [1.82, 2.24) is 4.90 Å². The molecule has 0 aromatic heterocycles. The predicted molar refractivity (Wildman–Crippen MR) is 85.7 cm³/mol. The van der Waals surface area contributed by atoms with E-state index in [-0.39, 0.29) is 10.6 Å². The van der Waals surface area contributed by atoms with E-state index in [9.17, 15) is 10.1 Å². The maximum Gasteiger partial charge on any atom is 0.292 e. The number of rotatable bonds is 4. The number of hydrogen-bond acceptors (Lipinski definition) is 5. The van der Waals surface area contributed by atoms with Crippen LogP contribution in [0.3, 0.4) is 0 Å². The van der Waals surface area contributed by atoms with Crippen molar-refractivity contribution in [2.24, 2.45) is 0 Å². The van der Waals surface area contributed by atoms with Gasteiger partial charge in [0.2, 0.25) is 0 Å². The first-order valence-corrected chi connectivity index (χ1v) is 8.00. The number of nitro groups is 1. The highest BCUT2D eigenvalue weighted by atomic mass is 16.6. The van der Waals surface area contributed by atoms with Gasteiger partial charge in [-0.1, -0.05) is 0 Å². The number of ether oxygens (including phenoxy) is 1. The summed E-state index contributed by atoms with van der Waals surface area (Å²) in [5, 5.41) is 11.3. The quantitative estimate of drug-likeness (QED) is 0.632. The summed E-state index contributed by atoms with van der Waals surface area (Å²) in [4.78, 5) is 15.7. The lowest BCUT2D eigenvalue weighted by Gasteiger charge is -2.37. The van der Waals surface area contributed by atoms with Crippen LogP contribution >= 0.6 is 0 Å². The maximum absolute atomic E-state index is 11.3. The number of piperidine rings is 1. The number of benzene rings is 1. The Morgan fingerprint density at radius 1 is 1.18 bits per heavy atom. The van der Waals surface area contributed by atoms with Crippen molar-refractivity contribution in [3.05, 3.63) is 28.3 Å². The van der Waals surface area contributed by atoms with Gasteiger partial charge in [-0.05, 0) is 44.8 Å². The van der Waals surface area contributed by atoms with Gasteiger partial charge in [0, 0.05) is 31.3 Å². The third-order valence-corrected chi connectivity index (χ3v) is 4.84. The SMILES string of the molecule is COc1ccc([N+](=O)[O-])c(N2CCC(N3CCCC3)CC2)c1. The number of nitrogens with zero attached hydrogens (tertiary/aromatic N) is 3. The third kappa shape index (κ3) is 3.02. The largest absolute Gasteiger partial charge is 0.497 e. The Balaban J connectivity index is 1.73. The zero-order chi connectivity index (χ0) is 15.5. The zero-order valence-electron chi connectivity index (χ0n) is 13.0. The fourth-order valence-corrected chi connectivity index (χ4v) is 3.62. The lowest BCUT2D eigenvalue weighted by Crippen LogP contribution is -2.44. The van der Waals surface area contributed by atoms with Crippen LogP contribution in [0, 0.1) is 10.1 Å². The lowest BCUT2D eigenvalue weighted by atomic mass is 10.0. The van der Waals surface area contributed by atoms with Gasteiger partial charge in [-0.15, -0.1) is 0 Å². The Morgan fingerprint density at radius 2 is 1.86 bits per heavy atom. The summed E-state index contributed by atoms with van der Waals surface area (Å²) in [6, 6.07) is 5.62. The smallest absolute Gasteiger partial charge is 0.292 e. The molecule has 0 saturated carbocycles. The van der Waals surface area contributed by atoms with Crippen LogP contribution in [0.4, 0.5) is 11.4 Å². The van der Waals surface area contributed by atoms with Gasteiger partial charge >= 0.3 is 0 Å². The van der Waals surface area contributed by atoms with E-state index in [1.165, 1.54) is 25.9 Å². The van der Waals surface area contributed by atoms with E-state index >= 15 is 0 Å². The summed E-state index contributed by atoms with van der Waals surface area (Å²) in [6.07, 6.45) is 4.77. The second kappa shape index (κ2) is 6.52. The van der Waals surface area contributed by atoms with Gasteiger partial charge in [0.15, 0.2) is 0 Å². The average Bonchev–Trinajstić information content (AvgIpc) is 3.09. The molecule has 2 heterocycles. The molecule has 120 valence electrons. The van der Waals surface area contributed by atoms with E-state index < -0.39 is 0 Å². The van der Waals surface area contributed by atoms with Crippen LogP contribution < -0.4 is 9.64 Å². The van der Waals surface area contributed by atoms with Gasteiger partial charge in [-0.25, -0.2) is 0 Å². The van der Waals surface area contributed by atoms with Crippen LogP contribution in [-0.2, 0) is 0 Å². The highest BCUT2D eigenvalue weighted by molar-refractivity contribution is 5.66. The molecule has 0 N–H and O–H groups in total. The first-order chi connectivity index (χ1) is 10.7. The number of hydrogen-bond donors (Lipinski definition) is 0. The molecule has 6 nitrogen and oxygen atoms in total. The molecule has 0 bridgehead atoms. The topological polar surface area (TPSA) is 58.9 Å². The van der Waals surface area contributed by atoms with E-state index in [0.717, 1.165) is 25.9 Å². The lowest BCUT2D eigenvalue weighted by molar-refractivity contribution is -0.384. The molecule has 0 atom stereocenters. The number of anilines is 1. The Morgan fingerprint density at radius 3 is 2.45 bits per heavy atom. The van der Waals surface area contributed by atoms with Crippen molar-refractivity contribution in [3.63, 3.8) is 0 Å². The van der Waals surface area contributed by atoms with E-state index in [0.29, 0.717) is 17.5 Å². The molecular weight excluding hydrogens is 282 g/mol. The fraction of sp³-hybridized carbons (Fsp3) is 0.625. The zero-order valence-corrected chi connectivity index (χ0v) is 13.0. The number of nitro benzene ring substituents is 1. The van der Waals surface area contributed by atoms with Crippen LogP contribution in [0.2, 0.25) is 0 Å². The minimum absolute atomic E-state index is 0.167. The molecule has 3 rings (SSSR count). The van der Waals surface area contributed by atoms with Crippen molar-refractivity contribution in [2.45, 2.75) is 31.7 Å². The molecule has 2 saturated heterocycles. The normalized spacial score (nSPS) is 20.3. The number of likely N-dealkylation sites (tertiary alicyclic amines) is 1. The Kier molecular flexibility index (Phi) is 4.47. The molecule has 0 radical (unpaired) electrons. The van der Waals surface area contributed by atoms with Crippen molar-refractivity contribution >= 4 is 11.4 Å². The molecule has 0 unspecified atom stereocenters. The van der Waals surface area contributed by atoms with E-state index in [1.807, 2.05) is 0 Å². The Bertz CT molecular complexity index is 535. The third-order valence-electron chi connectivity index (χ3n) is 4.84. The van der Waals surface area contributed by atoms with E-state index in [4.69, 9.17) is 4.74 Å². The summed E-state index contributed by atoms with van der Waals surface area (Å²) in [7, 11) is 1.59. The molecule has 1 aromatic carbocycles. The fourth-order valence-electron chi connectivity index (χ4n) is 3.62. The summed E-state index contributed by atoms with van der Waals surface area (Å²) in [5.74, 6) is 0.669. The molecule has 0 aliphatic carbocycles. The monoisotopic (exact) mass is 305 g/mol. The van der Waals surface area contributed by atoms with Crippen LogP contribution in [0.5, 0.6) is 5.75 Å². The van der Waals surface area contributed by atoms with Crippen molar-refractivity contribution in [3.8, 4) is 5.75 Å². The molecule has 2 aliphatic heterocycles. The first-order valence-electron chi connectivity index (χ1n) is 8.00. The van der Waals surface area contributed by atoms with Crippen LogP contribution in [0.25, 0.3) is 0 Å². The van der Waals surface area contributed by atoms with Gasteiger partial charge in [-0.3, -0.25) is 10.1 Å². The summed E-state index contributed by atoms with van der Waals surface area (Å²) in [6.45, 7) is 4.16. The summed E-state index contributed by atoms with van der Waals surface area (Å²) < 4.78 is 5.23. The van der Waals surface area contributed by atoms with Crippen LogP contribution in [-0.4, -0.2) is 49.2 Å². The van der Waals surface area contributed by atoms with Gasteiger partial charge in [0.1, 0.15) is 11.4 Å². The van der Waals surface area contributed by atoms with Crippen LogP contribution in [0.1, 0.15) is 25.7 Å². The van der Waals surface area contributed by atoms with Gasteiger partial charge in [-0.2, -0.15) is 0 Å². The minimum Gasteiger partial charge on any atom is -0.497 e. The second-order valence-electron chi connectivity index (χ2n) is 6.07. The molecule has 0 amide bonds. The maximum atomic E-state index is 11.3. The van der Waals surface area contributed by atoms with Crippen LogP contribution in [0.15, 0.2) is 18.2 Å². The van der Waals surface area contributed by atoms with E-state index in [2.05, 4.69) is 9.80 Å². The van der Waals surface area contributed by atoms with Crippen molar-refractivity contribution in [1.29, 1.82) is 0 Å². The Labute approximate surface area is 130 Å². The van der Waals surface area contributed by atoms with Crippen molar-refractivity contribution in [2.75, 3.05) is 38.2 Å². The molecule has 2 aliphatic rings. The molecule has 0 spiro atoms. The molecular formula is C16H23N3O3. The van der Waals surface area contributed by atoms with Gasteiger partial charge < -0.3 is 14.5 Å². The molecule has 22 heavy (non-hydrogen) atoms. The highest BCUT2D eigenvalue weighted by Crippen LogP contribution is 2.34. The Hall–Kier alpha value is -1.82. The average molecular weight is 305 g/mol. The van der Waals surface area contributed by atoms with Gasteiger partial charge in [0.25, 0.3) is 5.69 Å². The second-order valence-corrected chi connectivity index (χ2v) is 6.07. The predicted octanol–water partition coefficient (Wildman–Crippen LogP) is 2.67. The number of methoxy groups -OCH3 is 1. The summed E-state index contributed by atoms with van der Waals surface area (Å²) >= 11 is 0. The van der Waals surface area contributed by atoms with E-state index in [1.54, 1.807) is 25.3 Å². The minimum atomic E-state index is -0.304. The summed E-state index contributed by atoms with van der Waals surface area (Å²) in [5.41, 5.74) is 0.852. The van der Waals surface area contributed by atoms with Gasteiger partial charge in [0.05, 0.1) is 12.0 Å². The van der Waals surface area contributed by atoms with Crippen molar-refractivity contribution < 1.29 is 9.66 Å². The molecule has 2 fully saturated rings. The first kappa shape index (κ1) is 15.1. The standard InChI is InChI=1S/C16H23N3O3/c1-22-14-4-5-15(19(20)21)16(12-14)18-10-6-13(7-11-18)17-8-2-3-9-17/h4-5,12-13H,2-3,6-11H2,1H3. The molecule has 6 heteroatoms. The molecule has 1 aromatic rings.